The maximum atomic E-state index is 2.21. The Morgan fingerprint density at radius 1 is 0.636 bits per heavy atom. The van der Waals surface area contributed by atoms with Crippen molar-refractivity contribution in [1.29, 1.82) is 0 Å². The zero-order chi connectivity index (χ0) is 15.5. The summed E-state index contributed by atoms with van der Waals surface area (Å²) in [7, 11) is 0. The molecule has 122 valence electrons. The minimum absolute atomic E-state index is 0. The predicted molar refractivity (Wildman–Crippen MR) is 91.5 cm³/mol. The van der Waals surface area contributed by atoms with Crippen LogP contribution < -0.4 is 0 Å². The molecule has 0 fully saturated rings. The summed E-state index contributed by atoms with van der Waals surface area (Å²) in [5.74, 6) is 0. The van der Waals surface area contributed by atoms with Gasteiger partial charge in [0.15, 0.2) is 0 Å². The van der Waals surface area contributed by atoms with Gasteiger partial charge in [0.05, 0.1) is 0 Å². The Morgan fingerprint density at radius 2 is 0.955 bits per heavy atom. The standard InChI is InChI=1S/C9H17N2.2C5H5.Mo/c1-8(2)10-5-6-11(7-10)9(3)4;2*1-2-4-5-3-1;/h5-9H,1-4H3;2*1-5H;/q3*-1;. The van der Waals surface area contributed by atoms with Crippen LogP contribution in [0.3, 0.4) is 0 Å². The van der Waals surface area contributed by atoms with Crippen LogP contribution in [0.4, 0.5) is 0 Å². The number of hydrogen-bond acceptors (Lipinski definition) is 2. The molecule has 2 nitrogen and oxygen atoms in total. The minimum atomic E-state index is 0. The molecular weight excluding hydrogens is 352 g/mol. The fourth-order valence-corrected chi connectivity index (χ4v) is 1.64. The van der Waals surface area contributed by atoms with Crippen LogP contribution in [0.15, 0.2) is 73.1 Å². The molecule has 1 aliphatic heterocycles. The van der Waals surface area contributed by atoms with Crippen LogP contribution in [0, 0.1) is 6.67 Å². The molecule has 0 saturated carbocycles. The van der Waals surface area contributed by atoms with Gasteiger partial charge in [-0.1, -0.05) is 0 Å². The molecule has 0 aromatic heterocycles. The van der Waals surface area contributed by atoms with Crippen molar-refractivity contribution in [3.8, 4) is 0 Å². The summed E-state index contributed by atoms with van der Waals surface area (Å²) >= 11 is 0. The third-order valence-corrected chi connectivity index (χ3v) is 2.98. The van der Waals surface area contributed by atoms with E-state index in [1.54, 1.807) is 0 Å². The van der Waals surface area contributed by atoms with Crippen LogP contribution in [-0.4, -0.2) is 21.9 Å². The van der Waals surface area contributed by atoms with Gasteiger partial charge in [-0.15, -0.1) is 0 Å². The van der Waals surface area contributed by atoms with E-state index in [1.165, 1.54) is 0 Å². The van der Waals surface area contributed by atoms with Gasteiger partial charge < -0.3 is 9.80 Å². The van der Waals surface area contributed by atoms with Crippen molar-refractivity contribution >= 4 is 0 Å². The first-order chi connectivity index (χ1) is 10.1. The SMILES string of the molecule is CC(C)N1C=CN(C(C)C)[CH-]1.[Mo].c1cc[cH-]c1.c1cc[cH-]c1. The summed E-state index contributed by atoms with van der Waals surface area (Å²) in [5.41, 5.74) is 0. The summed E-state index contributed by atoms with van der Waals surface area (Å²) in [6, 6.07) is 21.1. The summed E-state index contributed by atoms with van der Waals surface area (Å²) in [6.45, 7) is 10.9. The quantitative estimate of drug-likeness (QED) is 0.545. The topological polar surface area (TPSA) is 6.48 Å². The Labute approximate surface area is 150 Å². The maximum absolute atomic E-state index is 2.21. The first-order valence-electron chi connectivity index (χ1n) is 7.53. The van der Waals surface area contributed by atoms with Crippen molar-refractivity contribution in [2.45, 2.75) is 39.8 Å². The second kappa shape index (κ2) is 12.3. The summed E-state index contributed by atoms with van der Waals surface area (Å²) in [5, 5.41) is 0. The van der Waals surface area contributed by atoms with E-state index in [2.05, 4.69) is 56.6 Å². The van der Waals surface area contributed by atoms with Gasteiger partial charge in [0.2, 0.25) is 0 Å². The second-order valence-corrected chi connectivity index (χ2v) is 5.42. The molecule has 0 amide bonds. The average molecular weight is 379 g/mol. The summed E-state index contributed by atoms with van der Waals surface area (Å²) < 4.78 is 0. The van der Waals surface area contributed by atoms with E-state index in [-0.39, 0.29) is 21.1 Å². The van der Waals surface area contributed by atoms with Crippen LogP contribution >= 0.6 is 0 Å². The fourth-order valence-electron chi connectivity index (χ4n) is 1.64. The van der Waals surface area contributed by atoms with E-state index in [9.17, 15) is 0 Å². The predicted octanol–water partition coefficient (Wildman–Crippen LogP) is 4.82. The molecule has 2 aromatic carbocycles. The monoisotopic (exact) mass is 381 g/mol. The molecule has 0 bridgehead atoms. The van der Waals surface area contributed by atoms with Crippen LogP contribution in [0.1, 0.15) is 27.7 Å². The number of hydrogen-bond donors (Lipinski definition) is 0. The molecule has 0 spiro atoms. The van der Waals surface area contributed by atoms with Gasteiger partial charge >= 0.3 is 0 Å². The van der Waals surface area contributed by atoms with E-state index < -0.39 is 0 Å². The van der Waals surface area contributed by atoms with Gasteiger partial charge in [-0.3, -0.25) is 0 Å². The normalized spacial score (nSPS) is 12.5. The van der Waals surface area contributed by atoms with Crippen molar-refractivity contribution in [1.82, 2.24) is 9.80 Å². The van der Waals surface area contributed by atoms with Crippen molar-refractivity contribution in [2.24, 2.45) is 0 Å². The van der Waals surface area contributed by atoms with Crippen molar-refractivity contribution in [3.63, 3.8) is 0 Å². The van der Waals surface area contributed by atoms with Gasteiger partial charge in [0.1, 0.15) is 0 Å². The van der Waals surface area contributed by atoms with Gasteiger partial charge in [-0.05, 0) is 52.2 Å². The molecule has 2 aromatic rings. The smallest absolute Gasteiger partial charge is 0 e. The van der Waals surface area contributed by atoms with E-state index in [4.69, 9.17) is 0 Å². The number of nitrogens with zero attached hydrogens (tertiary/aromatic N) is 2. The Bertz CT molecular complexity index is 367. The first kappa shape index (κ1) is 20.7. The molecule has 0 atom stereocenters. The first-order valence-corrected chi connectivity index (χ1v) is 7.53. The molecule has 22 heavy (non-hydrogen) atoms. The Kier molecular flexibility index (Phi) is 11.6. The van der Waals surface area contributed by atoms with Crippen molar-refractivity contribution in [2.75, 3.05) is 0 Å². The Morgan fingerprint density at radius 3 is 1.09 bits per heavy atom. The molecule has 3 rings (SSSR count). The van der Waals surface area contributed by atoms with Gasteiger partial charge in [0, 0.05) is 21.1 Å². The van der Waals surface area contributed by atoms with E-state index in [1.807, 2.05) is 60.7 Å². The van der Waals surface area contributed by atoms with E-state index >= 15 is 0 Å². The van der Waals surface area contributed by atoms with Crippen LogP contribution in [-0.2, 0) is 21.1 Å². The molecule has 3 heteroatoms. The molecule has 0 N–H and O–H groups in total. The summed E-state index contributed by atoms with van der Waals surface area (Å²) in [4.78, 5) is 4.42. The molecular formula is C19H27MoN2-3. The van der Waals surface area contributed by atoms with Gasteiger partial charge in [-0.2, -0.15) is 43.1 Å². The fraction of sp³-hybridized carbons (Fsp3) is 0.316. The molecule has 1 aliphatic rings. The summed E-state index contributed by atoms with van der Waals surface area (Å²) in [6.07, 6.45) is 4.23. The van der Waals surface area contributed by atoms with Gasteiger partial charge in [-0.25, -0.2) is 24.3 Å². The van der Waals surface area contributed by atoms with Crippen LogP contribution in [0.5, 0.6) is 0 Å². The van der Waals surface area contributed by atoms with E-state index in [0.29, 0.717) is 12.1 Å². The Hall–Kier alpha value is -1.27. The number of rotatable bonds is 2. The van der Waals surface area contributed by atoms with Crippen molar-refractivity contribution in [3.05, 3.63) is 79.7 Å². The maximum Gasteiger partial charge on any atom is 0 e. The van der Waals surface area contributed by atoms with Crippen molar-refractivity contribution < 1.29 is 21.1 Å². The molecule has 0 aliphatic carbocycles. The van der Waals surface area contributed by atoms with Crippen LogP contribution in [0.25, 0.3) is 0 Å². The van der Waals surface area contributed by atoms with E-state index in [0.717, 1.165) is 0 Å². The largest absolute Gasteiger partial charge is 0.506 e. The zero-order valence-corrected chi connectivity index (χ0v) is 16.0. The molecule has 1 heterocycles. The second-order valence-electron chi connectivity index (χ2n) is 5.42. The molecule has 0 saturated heterocycles. The van der Waals surface area contributed by atoms with Gasteiger partial charge in [0.25, 0.3) is 0 Å². The molecule has 0 unspecified atom stereocenters. The zero-order valence-electron chi connectivity index (χ0n) is 14.0. The van der Waals surface area contributed by atoms with Crippen LogP contribution in [0.2, 0.25) is 0 Å². The Balaban J connectivity index is 0.000000334. The average Bonchev–Trinajstić information content (AvgIpc) is 3.22. The third-order valence-electron chi connectivity index (χ3n) is 2.98. The molecule has 0 radical (unpaired) electrons. The third kappa shape index (κ3) is 8.89. The minimum Gasteiger partial charge on any atom is -0.506 e.